The molecule has 1 rings (SSSR count). The molecule has 1 saturated carbocycles. The molecular formula is C11H21NO2. The Labute approximate surface area is 86.0 Å². The molecule has 0 aliphatic heterocycles. The van der Waals surface area contributed by atoms with Crippen LogP contribution in [-0.2, 0) is 9.53 Å². The van der Waals surface area contributed by atoms with Crippen molar-refractivity contribution in [3.05, 3.63) is 0 Å². The molecule has 0 amide bonds. The molecule has 3 heteroatoms. The fourth-order valence-electron chi connectivity index (χ4n) is 2.41. The molecular weight excluding hydrogens is 178 g/mol. The van der Waals surface area contributed by atoms with Crippen LogP contribution in [0.5, 0.6) is 0 Å². The van der Waals surface area contributed by atoms with E-state index in [1.54, 1.807) is 0 Å². The minimum atomic E-state index is -0.134. The number of carbonyl (C=O) groups excluding carboxylic acids is 1. The van der Waals surface area contributed by atoms with Crippen molar-refractivity contribution in [2.75, 3.05) is 13.7 Å². The van der Waals surface area contributed by atoms with Crippen molar-refractivity contribution in [2.45, 2.75) is 39.0 Å². The zero-order chi connectivity index (χ0) is 10.6. The Kier molecular flexibility index (Phi) is 3.93. The summed E-state index contributed by atoms with van der Waals surface area (Å²) in [6.45, 7) is 2.69. The molecule has 1 fully saturated rings. The van der Waals surface area contributed by atoms with Gasteiger partial charge in [0.25, 0.3) is 0 Å². The van der Waals surface area contributed by atoms with Gasteiger partial charge in [-0.05, 0) is 30.7 Å². The number of hydrogen-bond acceptors (Lipinski definition) is 3. The van der Waals surface area contributed by atoms with Crippen LogP contribution in [0.15, 0.2) is 0 Å². The Bertz CT molecular complexity index is 199. The molecule has 0 spiro atoms. The summed E-state index contributed by atoms with van der Waals surface area (Å²) in [5, 5.41) is 0. The third kappa shape index (κ3) is 2.47. The first kappa shape index (κ1) is 11.5. The molecule has 3 nitrogen and oxygen atoms in total. The van der Waals surface area contributed by atoms with Gasteiger partial charge in [-0.25, -0.2) is 0 Å². The van der Waals surface area contributed by atoms with Crippen LogP contribution in [0.25, 0.3) is 0 Å². The minimum absolute atomic E-state index is 0.0520. The third-order valence-electron chi connectivity index (χ3n) is 3.58. The van der Waals surface area contributed by atoms with Gasteiger partial charge < -0.3 is 10.5 Å². The molecule has 0 radical (unpaired) electrons. The summed E-state index contributed by atoms with van der Waals surface area (Å²) < 4.78 is 4.71. The van der Waals surface area contributed by atoms with Crippen LogP contribution in [0.4, 0.5) is 0 Å². The summed E-state index contributed by atoms with van der Waals surface area (Å²) in [7, 11) is 1.44. The van der Waals surface area contributed by atoms with Crippen LogP contribution in [0.2, 0.25) is 0 Å². The molecule has 0 saturated heterocycles. The molecule has 1 atom stereocenters. The van der Waals surface area contributed by atoms with Gasteiger partial charge >= 0.3 is 5.97 Å². The van der Waals surface area contributed by atoms with E-state index in [9.17, 15) is 4.79 Å². The largest absolute Gasteiger partial charge is 0.469 e. The molecule has 1 aliphatic carbocycles. The van der Waals surface area contributed by atoms with Crippen molar-refractivity contribution < 1.29 is 9.53 Å². The van der Waals surface area contributed by atoms with Gasteiger partial charge in [0.2, 0.25) is 0 Å². The highest BCUT2D eigenvalue weighted by atomic mass is 16.5. The molecule has 82 valence electrons. The van der Waals surface area contributed by atoms with Gasteiger partial charge in [-0.3, -0.25) is 4.79 Å². The zero-order valence-electron chi connectivity index (χ0n) is 9.21. The molecule has 1 aliphatic rings. The van der Waals surface area contributed by atoms with Crippen LogP contribution < -0.4 is 5.73 Å². The Balaban J connectivity index is 2.59. The van der Waals surface area contributed by atoms with E-state index in [-0.39, 0.29) is 11.4 Å². The van der Waals surface area contributed by atoms with Crippen molar-refractivity contribution in [2.24, 2.45) is 17.1 Å². The van der Waals surface area contributed by atoms with Crippen molar-refractivity contribution >= 4 is 5.97 Å². The zero-order valence-corrected chi connectivity index (χ0v) is 9.21. The maximum Gasteiger partial charge on any atom is 0.306 e. The standard InChI is InChI=1S/C11H21NO2/c1-11(8-12,7-10(13)14-2)9-5-3-4-6-9/h9H,3-8,12H2,1-2H3. The van der Waals surface area contributed by atoms with Crippen molar-refractivity contribution in [3.8, 4) is 0 Å². The number of hydrogen-bond donors (Lipinski definition) is 1. The monoisotopic (exact) mass is 199 g/mol. The Morgan fingerprint density at radius 2 is 2.07 bits per heavy atom. The highest BCUT2D eigenvalue weighted by Crippen LogP contribution is 2.41. The van der Waals surface area contributed by atoms with Crippen LogP contribution in [-0.4, -0.2) is 19.6 Å². The van der Waals surface area contributed by atoms with Gasteiger partial charge in [-0.15, -0.1) is 0 Å². The Morgan fingerprint density at radius 3 is 2.50 bits per heavy atom. The van der Waals surface area contributed by atoms with Crippen LogP contribution in [0.3, 0.4) is 0 Å². The molecule has 0 aromatic heterocycles. The summed E-state index contributed by atoms with van der Waals surface area (Å²) in [6.07, 6.45) is 5.45. The van der Waals surface area contributed by atoms with E-state index >= 15 is 0 Å². The predicted molar refractivity (Wildman–Crippen MR) is 55.8 cm³/mol. The first-order valence-corrected chi connectivity index (χ1v) is 5.39. The van der Waals surface area contributed by atoms with E-state index in [1.165, 1.54) is 32.8 Å². The number of carbonyl (C=O) groups is 1. The lowest BCUT2D eigenvalue weighted by Crippen LogP contribution is -2.36. The lowest BCUT2D eigenvalue weighted by atomic mass is 9.73. The topological polar surface area (TPSA) is 52.3 Å². The van der Waals surface area contributed by atoms with Crippen molar-refractivity contribution in [1.82, 2.24) is 0 Å². The average Bonchev–Trinajstić information content (AvgIpc) is 2.70. The number of ether oxygens (including phenoxy) is 1. The van der Waals surface area contributed by atoms with Gasteiger partial charge in [0.05, 0.1) is 13.5 Å². The van der Waals surface area contributed by atoms with Gasteiger partial charge in [0.15, 0.2) is 0 Å². The number of nitrogens with two attached hydrogens (primary N) is 1. The molecule has 0 aromatic rings. The van der Waals surface area contributed by atoms with Gasteiger partial charge in [0, 0.05) is 0 Å². The fourth-order valence-corrected chi connectivity index (χ4v) is 2.41. The summed E-state index contributed by atoms with van der Waals surface area (Å²) in [5.41, 5.74) is 5.73. The van der Waals surface area contributed by atoms with Crippen molar-refractivity contribution in [3.63, 3.8) is 0 Å². The van der Waals surface area contributed by atoms with E-state index < -0.39 is 0 Å². The van der Waals surface area contributed by atoms with Crippen LogP contribution in [0, 0.1) is 11.3 Å². The van der Waals surface area contributed by atoms with E-state index in [1.807, 2.05) is 0 Å². The molecule has 1 unspecified atom stereocenters. The normalized spacial score (nSPS) is 21.9. The second-order valence-electron chi connectivity index (χ2n) is 4.59. The number of methoxy groups -OCH3 is 1. The second-order valence-corrected chi connectivity index (χ2v) is 4.59. The SMILES string of the molecule is COC(=O)CC(C)(CN)C1CCCC1. The predicted octanol–water partition coefficient (Wildman–Crippen LogP) is 1.70. The highest BCUT2D eigenvalue weighted by molar-refractivity contribution is 5.70. The molecule has 0 heterocycles. The molecule has 0 bridgehead atoms. The summed E-state index contributed by atoms with van der Waals surface area (Å²) in [6, 6.07) is 0. The Hall–Kier alpha value is -0.570. The number of rotatable bonds is 4. The number of esters is 1. The highest BCUT2D eigenvalue weighted by Gasteiger charge is 2.36. The lowest BCUT2D eigenvalue weighted by molar-refractivity contribution is -0.143. The summed E-state index contributed by atoms with van der Waals surface area (Å²) >= 11 is 0. The van der Waals surface area contributed by atoms with Gasteiger partial charge in [-0.2, -0.15) is 0 Å². The quantitative estimate of drug-likeness (QED) is 0.701. The smallest absolute Gasteiger partial charge is 0.306 e. The first-order chi connectivity index (χ1) is 6.62. The molecule has 14 heavy (non-hydrogen) atoms. The summed E-state index contributed by atoms with van der Waals surface area (Å²) in [4.78, 5) is 11.3. The molecule has 2 N–H and O–H groups in total. The van der Waals surface area contributed by atoms with Gasteiger partial charge in [0.1, 0.15) is 0 Å². The maximum absolute atomic E-state index is 11.3. The average molecular weight is 199 g/mol. The third-order valence-corrected chi connectivity index (χ3v) is 3.58. The van der Waals surface area contributed by atoms with E-state index in [0.29, 0.717) is 18.9 Å². The lowest BCUT2D eigenvalue weighted by Gasteiger charge is -2.33. The van der Waals surface area contributed by atoms with Gasteiger partial charge in [-0.1, -0.05) is 19.8 Å². The van der Waals surface area contributed by atoms with Crippen LogP contribution >= 0.6 is 0 Å². The summed E-state index contributed by atoms with van der Waals surface area (Å²) in [5.74, 6) is 0.469. The fraction of sp³-hybridized carbons (Fsp3) is 0.909. The van der Waals surface area contributed by atoms with E-state index in [0.717, 1.165) is 0 Å². The van der Waals surface area contributed by atoms with Crippen molar-refractivity contribution in [1.29, 1.82) is 0 Å². The Morgan fingerprint density at radius 1 is 1.50 bits per heavy atom. The van der Waals surface area contributed by atoms with Crippen LogP contribution in [0.1, 0.15) is 39.0 Å². The minimum Gasteiger partial charge on any atom is -0.469 e. The second kappa shape index (κ2) is 4.78. The molecule has 0 aromatic carbocycles. The van der Waals surface area contributed by atoms with E-state index in [2.05, 4.69) is 6.92 Å². The first-order valence-electron chi connectivity index (χ1n) is 5.39. The maximum atomic E-state index is 11.3. The van der Waals surface area contributed by atoms with E-state index in [4.69, 9.17) is 10.5 Å².